The largest absolute Gasteiger partial charge is 0.454 e. The molecule has 1 heterocycles. The predicted octanol–water partition coefficient (Wildman–Crippen LogP) is 1.46. The number of likely N-dealkylation sites (tertiary alicyclic amines) is 1. The van der Waals surface area contributed by atoms with Crippen molar-refractivity contribution in [1.29, 1.82) is 0 Å². The van der Waals surface area contributed by atoms with Crippen molar-refractivity contribution >= 4 is 11.9 Å². The quantitative estimate of drug-likeness (QED) is 0.776. The first-order valence-corrected chi connectivity index (χ1v) is 7.90. The van der Waals surface area contributed by atoms with Gasteiger partial charge in [0, 0.05) is 6.04 Å². The number of rotatable bonds is 5. The minimum absolute atomic E-state index is 0.136. The zero-order chi connectivity index (χ0) is 14.4. The van der Waals surface area contributed by atoms with Gasteiger partial charge in [0.15, 0.2) is 6.61 Å². The molecule has 1 aliphatic carbocycles. The first-order valence-electron chi connectivity index (χ1n) is 7.90. The fourth-order valence-electron chi connectivity index (χ4n) is 3.21. The van der Waals surface area contributed by atoms with E-state index in [0.717, 1.165) is 45.2 Å². The molecule has 2 fully saturated rings. The molecule has 2 aliphatic rings. The number of ether oxygens (including phenoxy) is 1. The number of carbonyl (C=O) groups is 2. The zero-order valence-corrected chi connectivity index (χ0v) is 12.4. The molecule has 5 heteroatoms. The summed E-state index contributed by atoms with van der Waals surface area (Å²) in [6.45, 7) is 3.72. The summed E-state index contributed by atoms with van der Waals surface area (Å²) < 4.78 is 5.19. The molecule has 114 valence electrons. The van der Waals surface area contributed by atoms with Crippen LogP contribution in [0.3, 0.4) is 0 Å². The topological polar surface area (TPSA) is 58.6 Å². The number of carbonyl (C=O) groups excluding carboxylic acids is 2. The van der Waals surface area contributed by atoms with Gasteiger partial charge >= 0.3 is 5.97 Å². The molecule has 1 saturated carbocycles. The van der Waals surface area contributed by atoms with Crippen molar-refractivity contribution in [2.45, 2.75) is 64.0 Å². The smallest absolute Gasteiger partial charge is 0.323 e. The monoisotopic (exact) mass is 282 g/mol. The summed E-state index contributed by atoms with van der Waals surface area (Å²) in [4.78, 5) is 25.9. The van der Waals surface area contributed by atoms with Crippen molar-refractivity contribution in [3.05, 3.63) is 0 Å². The van der Waals surface area contributed by atoms with Crippen LogP contribution in [0.5, 0.6) is 0 Å². The van der Waals surface area contributed by atoms with E-state index in [0.29, 0.717) is 0 Å². The third-order valence-electron chi connectivity index (χ3n) is 4.36. The maximum absolute atomic E-state index is 12.1. The van der Waals surface area contributed by atoms with Gasteiger partial charge in [-0.3, -0.25) is 14.5 Å². The van der Waals surface area contributed by atoms with E-state index >= 15 is 0 Å². The Morgan fingerprint density at radius 1 is 1.15 bits per heavy atom. The van der Waals surface area contributed by atoms with Crippen LogP contribution in [0, 0.1) is 0 Å². The molecule has 0 spiro atoms. The lowest BCUT2D eigenvalue weighted by Crippen LogP contribution is -2.46. The molecule has 1 atom stereocenters. The van der Waals surface area contributed by atoms with Crippen molar-refractivity contribution in [2.75, 3.05) is 19.7 Å². The van der Waals surface area contributed by atoms with Crippen molar-refractivity contribution in [3.8, 4) is 0 Å². The van der Waals surface area contributed by atoms with Gasteiger partial charge in [-0.1, -0.05) is 26.2 Å². The number of nitrogens with zero attached hydrogens (tertiary/aromatic N) is 1. The lowest BCUT2D eigenvalue weighted by molar-refractivity contribution is -0.155. The first kappa shape index (κ1) is 15.3. The van der Waals surface area contributed by atoms with E-state index in [1.165, 1.54) is 12.8 Å². The van der Waals surface area contributed by atoms with Crippen molar-refractivity contribution in [3.63, 3.8) is 0 Å². The summed E-state index contributed by atoms with van der Waals surface area (Å²) in [6.07, 6.45) is 7.50. The predicted molar refractivity (Wildman–Crippen MR) is 76.2 cm³/mol. The highest BCUT2D eigenvalue weighted by molar-refractivity contribution is 5.82. The number of amides is 1. The highest BCUT2D eigenvalue weighted by Crippen LogP contribution is 2.18. The van der Waals surface area contributed by atoms with Gasteiger partial charge in [0.05, 0.1) is 0 Å². The normalized spacial score (nSPS) is 24.6. The van der Waals surface area contributed by atoms with Crippen molar-refractivity contribution < 1.29 is 14.3 Å². The van der Waals surface area contributed by atoms with E-state index in [4.69, 9.17) is 4.74 Å². The molecule has 0 aromatic rings. The Bertz CT molecular complexity index is 340. The number of nitrogens with one attached hydrogen (secondary N) is 1. The average molecular weight is 282 g/mol. The maximum Gasteiger partial charge on any atom is 0.323 e. The Kier molecular flexibility index (Phi) is 5.83. The summed E-state index contributed by atoms with van der Waals surface area (Å²) in [7, 11) is 0. The van der Waals surface area contributed by atoms with Crippen LogP contribution in [0.15, 0.2) is 0 Å². The van der Waals surface area contributed by atoms with Gasteiger partial charge in [-0.05, 0) is 38.8 Å². The molecule has 2 rings (SSSR count). The molecule has 1 amide bonds. The second kappa shape index (κ2) is 7.62. The van der Waals surface area contributed by atoms with Crippen LogP contribution < -0.4 is 5.32 Å². The molecular formula is C15H26N2O3. The Hall–Kier alpha value is -1.10. The van der Waals surface area contributed by atoms with Gasteiger partial charge < -0.3 is 10.1 Å². The van der Waals surface area contributed by atoms with Gasteiger partial charge in [-0.2, -0.15) is 0 Å². The van der Waals surface area contributed by atoms with Crippen LogP contribution in [-0.2, 0) is 14.3 Å². The van der Waals surface area contributed by atoms with Gasteiger partial charge in [0.1, 0.15) is 6.04 Å². The molecule has 5 nitrogen and oxygen atoms in total. The molecule has 0 bridgehead atoms. The zero-order valence-electron chi connectivity index (χ0n) is 12.4. The number of esters is 1. The van der Waals surface area contributed by atoms with Crippen LogP contribution in [-0.4, -0.2) is 48.6 Å². The Balaban J connectivity index is 1.71. The molecule has 1 saturated heterocycles. The molecular weight excluding hydrogens is 256 g/mol. The Labute approximate surface area is 121 Å². The van der Waals surface area contributed by atoms with Crippen LogP contribution in [0.2, 0.25) is 0 Å². The van der Waals surface area contributed by atoms with Gasteiger partial charge in [-0.25, -0.2) is 0 Å². The summed E-state index contributed by atoms with van der Waals surface area (Å²) >= 11 is 0. The lowest BCUT2D eigenvalue weighted by Gasteiger charge is -2.32. The van der Waals surface area contributed by atoms with E-state index < -0.39 is 0 Å². The molecule has 0 aromatic heterocycles. The van der Waals surface area contributed by atoms with Crippen molar-refractivity contribution in [2.24, 2.45) is 0 Å². The van der Waals surface area contributed by atoms with Gasteiger partial charge in [0.2, 0.25) is 0 Å². The van der Waals surface area contributed by atoms with Crippen LogP contribution >= 0.6 is 0 Å². The number of hydrogen-bond donors (Lipinski definition) is 1. The SMILES string of the molecule is CCN1CCCC[C@H]1C(=O)OCC(=O)NC1CCCC1. The van der Waals surface area contributed by atoms with E-state index in [1.807, 2.05) is 0 Å². The molecule has 0 unspecified atom stereocenters. The van der Waals surface area contributed by atoms with E-state index in [9.17, 15) is 9.59 Å². The summed E-state index contributed by atoms with van der Waals surface area (Å²) in [5.74, 6) is -0.405. The number of hydrogen-bond acceptors (Lipinski definition) is 4. The minimum atomic E-state index is -0.242. The lowest BCUT2D eigenvalue weighted by atomic mass is 10.0. The summed E-state index contributed by atoms with van der Waals surface area (Å²) in [5.41, 5.74) is 0. The average Bonchev–Trinajstić information content (AvgIpc) is 2.97. The fraction of sp³-hybridized carbons (Fsp3) is 0.867. The second-order valence-corrected chi connectivity index (χ2v) is 5.80. The van der Waals surface area contributed by atoms with E-state index in [1.54, 1.807) is 0 Å². The van der Waals surface area contributed by atoms with Crippen LogP contribution in [0.25, 0.3) is 0 Å². The van der Waals surface area contributed by atoms with Gasteiger partial charge in [-0.15, -0.1) is 0 Å². The summed E-state index contributed by atoms with van der Waals surface area (Å²) in [6, 6.07) is 0.121. The molecule has 20 heavy (non-hydrogen) atoms. The third-order valence-corrected chi connectivity index (χ3v) is 4.36. The molecule has 0 radical (unpaired) electrons. The van der Waals surface area contributed by atoms with Crippen molar-refractivity contribution in [1.82, 2.24) is 10.2 Å². The van der Waals surface area contributed by atoms with Crippen LogP contribution in [0.1, 0.15) is 51.9 Å². The highest BCUT2D eigenvalue weighted by Gasteiger charge is 2.29. The van der Waals surface area contributed by atoms with Gasteiger partial charge in [0.25, 0.3) is 5.91 Å². The maximum atomic E-state index is 12.1. The Morgan fingerprint density at radius 3 is 2.55 bits per heavy atom. The minimum Gasteiger partial charge on any atom is -0.454 e. The van der Waals surface area contributed by atoms with E-state index in [-0.39, 0.29) is 30.6 Å². The first-order chi connectivity index (χ1) is 9.70. The highest BCUT2D eigenvalue weighted by atomic mass is 16.5. The Morgan fingerprint density at radius 2 is 1.85 bits per heavy atom. The van der Waals surface area contributed by atoms with E-state index in [2.05, 4.69) is 17.1 Å². The standard InChI is InChI=1S/C15H26N2O3/c1-2-17-10-6-5-9-13(17)15(19)20-11-14(18)16-12-7-3-4-8-12/h12-13H,2-11H2,1H3,(H,16,18)/t13-/m0/s1. The third kappa shape index (κ3) is 4.20. The van der Waals surface area contributed by atoms with Crippen LogP contribution in [0.4, 0.5) is 0 Å². The molecule has 0 aromatic carbocycles. The number of likely N-dealkylation sites (N-methyl/N-ethyl adjacent to an activating group) is 1. The summed E-state index contributed by atoms with van der Waals surface area (Å²) in [5, 5.41) is 2.93. The number of piperidine rings is 1. The molecule has 1 aliphatic heterocycles. The second-order valence-electron chi connectivity index (χ2n) is 5.80. The fourth-order valence-corrected chi connectivity index (χ4v) is 3.21. The molecule has 1 N–H and O–H groups in total.